The van der Waals surface area contributed by atoms with Crippen molar-refractivity contribution >= 4 is 5.91 Å². The predicted octanol–water partition coefficient (Wildman–Crippen LogP) is 0.943. The van der Waals surface area contributed by atoms with Gasteiger partial charge in [-0.1, -0.05) is 5.21 Å². The molecular formula is C12H13FN4O2. The number of aromatic nitrogens is 3. The molecule has 6 nitrogen and oxygen atoms in total. The maximum atomic E-state index is 13.4. The van der Waals surface area contributed by atoms with E-state index in [1.54, 1.807) is 17.1 Å². The number of nitrogens with zero attached hydrogens (tertiary/aromatic N) is 3. The molecule has 1 heterocycles. The Kier molecular flexibility index (Phi) is 4.07. The summed E-state index contributed by atoms with van der Waals surface area (Å²) >= 11 is 0. The van der Waals surface area contributed by atoms with E-state index in [0.717, 1.165) is 6.07 Å². The molecule has 0 aliphatic heterocycles. The number of halogens is 1. The molecule has 2 rings (SSSR count). The van der Waals surface area contributed by atoms with Gasteiger partial charge in [0, 0.05) is 25.4 Å². The summed E-state index contributed by atoms with van der Waals surface area (Å²) in [6.07, 6.45) is 3.96. The van der Waals surface area contributed by atoms with Crippen LogP contribution in [0.15, 0.2) is 30.6 Å². The Morgan fingerprint density at radius 3 is 3.00 bits per heavy atom. The van der Waals surface area contributed by atoms with Crippen molar-refractivity contribution in [2.75, 3.05) is 6.54 Å². The summed E-state index contributed by atoms with van der Waals surface area (Å²) in [7, 11) is 0. The average molecular weight is 264 g/mol. The molecule has 19 heavy (non-hydrogen) atoms. The van der Waals surface area contributed by atoms with Crippen LogP contribution in [0.1, 0.15) is 16.8 Å². The van der Waals surface area contributed by atoms with Crippen LogP contribution >= 0.6 is 0 Å². The average Bonchev–Trinajstić information content (AvgIpc) is 2.87. The fraction of sp³-hybridized carbons (Fsp3) is 0.250. The fourth-order valence-electron chi connectivity index (χ4n) is 1.58. The van der Waals surface area contributed by atoms with Gasteiger partial charge in [0.1, 0.15) is 11.6 Å². The Morgan fingerprint density at radius 2 is 2.32 bits per heavy atom. The van der Waals surface area contributed by atoms with Crippen molar-refractivity contribution in [3.8, 4) is 5.75 Å². The Bertz CT molecular complexity index is 557. The molecule has 7 heteroatoms. The number of hydrogen-bond acceptors (Lipinski definition) is 4. The lowest BCUT2D eigenvalue weighted by Gasteiger charge is -2.06. The standard InChI is InChI=1S/C12H13FN4O2/c13-11-8-9(18)2-3-10(11)12(19)14-4-1-6-17-7-5-15-16-17/h2-3,5,7-8,18H,1,4,6H2,(H,14,19). The lowest BCUT2D eigenvalue weighted by Crippen LogP contribution is -2.26. The summed E-state index contributed by atoms with van der Waals surface area (Å²) in [5.74, 6) is -1.45. The summed E-state index contributed by atoms with van der Waals surface area (Å²) in [6.45, 7) is 1.03. The number of carbonyl (C=O) groups is 1. The van der Waals surface area contributed by atoms with Gasteiger partial charge < -0.3 is 10.4 Å². The van der Waals surface area contributed by atoms with Crippen LogP contribution in [0.25, 0.3) is 0 Å². The third-order valence-electron chi connectivity index (χ3n) is 2.52. The molecule has 0 aliphatic rings. The summed E-state index contributed by atoms with van der Waals surface area (Å²) in [6, 6.07) is 3.43. The minimum atomic E-state index is -0.742. The fourth-order valence-corrected chi connectivity index (χ4v) is 1.58. The van der Waals surface area contributed by atoms with Gasteiger partial charge in [-0.3, -0.25) is 9.48 Å². The van der Waals surface area contributed by atoms with Gasteiger partial charge in [-0.15, -0.1) is 5.10 Å². The number of rotatable bonds is 5. The highest BCUT2D eigenvalue weighted by molar-refractivity contribution is 5.94. The minimum absolute atomic E-state index is 0.0847. The van der Waals surface area contributed by atoms with E-state index in [4.69, 9.17) is 5.11 Å². The second kappa shape index (κ2) is 5.94. The number of benzene rings is 1. The van der Waals surface area contributed by atoms with Crippen molar-refractivity contribution in [2.24, 2.45) is 0 Å². The largest absolute Gasteiger partial charge is 0.508 e. The molecule has 0 fully saturated rings. The zero-order valence-electron chi connectivity index (χ0n) is 10.1. The Morgan fingerprint density at radius 1 is 1.47 bits per heavy atom. The predicted molar refractivity (Wildman–Crippen MR) is 65.0 cm³/mol. The van der Waals surface area contributed by atoms with E-state index >= 15 is 0 Å². The number of aryl methyl sites for hydroxylation is 1. The van der Waals surface area contributed by atoms with Gasteiger partial charge in [0.25, 0.3) is 5.91 Å². The lowest BCUT2D eigenvalue weighted by molar-refractivity contribution is 0.0948. The molecule has 0 unspecified atom stereocenters. The zero-order valence-corrected chi connectivity index (χ0v) is 10.1. The SMILES string of the molecule is O=C(NCCCn1ccnn1)c1ccc(O)cc1F. The Balaban J connectivity index is 1.81. The van der Waals surface area contributed by atoms with Crippen molar-refractivity contribution < 1.29 is 14.3 Å². The zero-order chi connectivity index (χ0) is 13.7. The first-order valence-electron chi connectivity index (χ1n) is 5.77. The third kappa shape index (κ3) is 3.51. The van der Waals surface area contributed by atoms with Gasteiger partial charge in [-0.25, -0.2) is 4.39 Å². The highest BCUT2D eigenvalue weighted by atomic mass is 19.1. The van der Waals surface area contributed by atoms with Crippen molar-refractivity contribution in [2.45, 2.75) is 13.0 Å². The monoisotopic (exact) mass is 264 g/mol. The first kappa shape index (κ1) is 13.0. The van der Waals surface area contributed by atoms with Crippen LogP contribution < -0.4 is 5.32 Å². The Hall–Kier alpha value is -2.44. The third-order valence-corrected chi connectivity index (χ3v) is 2.52. The second-order valence-corrected chi connectivity index (χ2v) is 3.94. The lowest BCUT2D eigenvalue weighted by atomic mass is 10.2. The molecular weight excluding hydrogens is 251 g/mol. The van der Waals surface area contributed by atoms with Gasteiger partial charge in [0.2, 0.25) is 0 Å². The highest BCUT2D eigenvalue weighted by Gasteiger charge is 2.11. The van der Waals surface area contributed by atoms with E-state index in [0.29, 0.717) is 19.5 Å². The van der Waals surface area contributed by atoms with Gasteiger partial charge >= 0.3 is 0 Å². The molecule has 1 amide bonds. The summed E-state index contributed by atoms with van der Waals surface area (Å²) < 4.78 is 15.0. The molecule has 100 valence electrons. The molecule has 2 aromatic rings. The highest BCUT2D eigenvalue weighted by Crippen LogP contribution is 2.14. The number of phenols is 1. The van der Waals surface area contributed by atoms with Gasteiger partial charge in [-0.2, -0.15) is 0 Å². The van der Waals surface area contributed by atoms with Crippen molar-refractivity contribution in [1.82, 2.24) is 20.3 Å². The summed E-state index contributed by atoms with van der Waals surface area (Å²) in [5, 5.41) is 19.1. The maximum absolute atomic E-state index is 13.4. The summed E-state index contributed by atoms with van der Waals surface area (Å²) in [5.41, 5.74) is -0.0847. The molecule has 0 saturated heterocycles. The van der Waals surface area contributed by atoms with Crippen molar-refractivity contribution in [3.05, 3.63) is 42.0 Å². The molecule has 0 atom stereocenters. The minimum Gasteiger partial charge on any atom is -0.508 e. The van der Waals surface area contributed by atoms with Crippen LogP contribution in [0.2, 0.25) is 0 Å². The Labute approximate surface area is 108 Å². The molecule has 1 aromatic carbocycles. The topological polar surface area (TPSA) is 80.0 Å². The molecule has 0 spiro atoms. The van der Waals surface area contributed by atoms with Gasteiger partial charge in [0.15, 0.2) is 0 Å². The van der Waals surface area contributed by atoms with E-state index in [2.05, 4.69) is 15.6 Å². The van der Waals surface area contributed by atoms with E-state index in [-0.39, 0.29) is 11.3 Å². The number of nitrogens with one attached hydrogen (secondary N) is 1. The molecule has 0 bridgehead atoms. The van der Waals surface area contributed by atoms with Crippen molar-refractivity contribution in [1.29, 1.82) is 0 Å². The molecule has 1 aromatic heterocycles. The second-order valence-electron chi connectivity index (χ2n) is 3.94. The first-order chi connectivity index (χ1) is 9.16. The van der Waals surface area contributed by atoms with Crippen LogP contribution in [0, 0.1) is 5.82 Å². The number of hydrogen-bond donors (Lipinski definition) is 2. The first-order valence-corrected chi connectivity index (χ1v) is 5.77. The van der Waals surface area contributed by atoms with Crippen molar-refractivity contribution in [3.63, 3.8) is 0 Å². The normalized spacial score (nSPS) is 10.4. The van der Waals surface area contributed by atoms with E-state index in [9.17, 15) is 9.18 Å². The summed E-state index contributed by atoms with van der Waals surface area (Å²) in [4.78, 5) is 11.7. The molecule has 0 aliphatic carbocycles. The van der Waals surface area contributed by atoms with E-state index < -0.39 is 11.7 Å². The molecule has 0 radical (unpaired) electrons. The molecule has 2 N–H and O–H groups in total. The number of aromatic hydroxyl groups is 1. The van der Waals surface area contributed by atoms with E-state index in [1.807, 2.05) is 0 Å². The number of amides is 1. The number of phenolic OH excluding ortho intramolecular Hbond substituents is 1. The van der Waals surface area contributed by atoms with E-state index in [1.165, 1.54) is 12.1 Å². The maximum Gasteiger partial charge on any atom is 0.254 e. The van der Waals surface area contributed by atoms with Crippen LogP contribution in [-0.2, 0) is 6.54 Å². The quantitative estimate of drug-likeness (QED) is 0.788. The smallest absolute Gasteiger partial charge is 0.254 e. The number of carbonyl (C=O) groups excluding carboxylic acids is 1. The van der Waals surface area contributed by atoms with Crippen LogP contribution in [0.5, 0.6) is 5.75 Å². The van der Waals surface area contributed by atoms with Crippen LogP contribution in [-0.4, -0.2) is 32.6 Å². The molecule has 0 saturated carbocycles. The van der Waals surface area contributed by atoms with Gasteiger partial charge in [-0.05, 0) is 18.6 Å². The van der Waals surface area contributed by atoms with Crippen LogP contribution in [0.3, 0.4) is 0 Å². The van der Waals surface area contributed by atoms with Crippen LogP contribution in [0.4, 0.5) is 4.39 Å². The van der Waals surface area contributed by atoms with Gasteiger partial charge in [0.05, 0.1) is 11.8 Å².